The summed E-state index contributed by atoms with van der Waals surface area (Å²) in [6.45, 7) is 4.70. The zero-order chi connectivity index (χ0) is 15.7. The minimum atomic E-state index is -0.524. The minimum Gasteiger partial charge on any atom is -0.491 e. The van der Waals surface area contributed by atoms with E-state index in [1.54, 1.807) is 6.92 Å². The smallest absolute Gasteiger partial charge is 0.220 e. The van der Waals surface area contributed by atoms with Gasteiger partial charge in [-0.3, -0.25) is 4.79 Å². The number of rotatable bonds is 9. The zero-order valence-corrected chi connectivity index (χ0v) is 12.9. The van der Waals surface area contributed by atoms with E-state index in [1.165, 1.54) is 0 Å². The lowest BCUT2D eigenvalue weighted by Crippen LogP contribution is -2.30. The number of hydrogen-bond acceptors (Lipinski definition) is 4. The van der Waals surface area contributed by atoms with Crippen LogP contribution in [-0.2, 0) is 11.2 Å². The lowest BCUT2D eigenvalue weighted by atomic mass is 10.1. The highest BCUT2D eigenvalue weighted by Gasteiger charge is 2.06. The van der Waals surface area contributed by atoms with E-state index in [0.717, 1.165) is 18.4 Å². The summed E-state index contributed by atoms with van der Waals surface area (Å²) in [6, 6.07) is 5.64. The predicted octanol–water partition coefficient (Wildman–Crippen LogP) is 1.88. The van der Waals surface area contributed by atoms with E-state index in [0.29, 0.717) is 30.9 Å². The van der Waals surface area contributed by atoms with Gasteiger partial charge in [0.15, 0.2) is 0 Å². The number of hydrogen-bond donors (Lipinski definition) is 3. The molecular weight excluding hydrogens is 268 g/mol. The molecule has 0 heterocycles. The number of aliphatic hydroxyl groups is 1. The van der Waals surface area contributed by atoms with E-state index in [4.69, 9.17) is 15.6 Å². The first-order valence-corrected chi connectivity index (χ1v) is 7.49. The largest absolute Gasteiger partial charge is 0.491 e. The average molecular weight is 294 g/mol. The molecule has 1 rings (SSSR count). The Hall–Kier alpha value is -1.75. The summed E-state index contributed by atoms with van der Waals surface area (Å²) in [5.41, 5.74) is 7.56. The number of benzene rings is 1. The average Bonchev–Trinajstić information content (AvgIpc) is 2.45. The molecule has 1 aromatic rings. The second-order valence-corrected chi connectivity index (χ2v) is 5.23. The maximum atomic E-state index is 11.6. The van der Waals surface area contributed by atoms with Crippen LogP contribution in [0.15, 0.2) is 18.2 Å². The highest BCUT2D eigenvalue weighted by atomic mass is 16.5. The third kappa shape index (κ3) is 6.99. The molecule has 1 atom stereocenters. The van der Waals surface area contributed by atoms with Gasteiger partial charge in [-0.15, -0.1) is 0 Å². The van der Waals surface area contributed by atoms with Gasteiger partial charge in [-0.2, -0.15) is 0 Å². The van der Waals surface area contributed by atoms with Crippen molar-refractivity contribution in [3.05, 3.63) is 23.8 Å². The molecule has 5 heteroatoms. The van der Waals surface area contributed by atoms with Crippen molar-refractivity contribution in [2.75, 3.05) is 18.9 Å². The Labute approximate surface area is 126 Å². The molecule has 0 bridgehead atoms. The van der Waals surface area contributed by atoms with Gasteiger partial charge in [-0.1, -0.05) is 19.4 Å². The highest BCUT2D eigenvalue weighted by Crippen LogP contribution is 2.23. The van der Waals surface area contributed by atoms with Gasteiger partial charge in [-0.05, 0) is 37.5 Å². The van der Waals surface area contributed by atoms with Crippen LogP contribution in [-0.4, -0.2) is 30.3 Å². The Morgan fingerprint density at radius 3 is 2.86 bits per heavy atom. The lowest BCUT2D eigenvalue weighted by molar-refractivity contribution is -0.121. The molecule has 0 saturated carbocycles. The molecule has 0 saturated heterocycles. The summed E-state index contributed by atoms with van der Waals surface area (Å²) in [5, 5.41) is 11.8. The molecule has 5 nitrogen and oxygen atoms in total. The van der Waals surface area contributed by atoms with E-state index < -0.39 is 6.10 Å². The van der Waals surface area contributed by atoms with Gasteiger partial charge in [0, 0.05) is 13.0 Å². The van der Waals surface area contributed by atoms with E-state index >= 15 is 0 Å². The van der Waals surface area contributed by atoms with Crippen molar-refractivity contribution in [1.82, 2.24) is 5.32 Å². The fourth-order valence-corrected chi connectivity index (χ4v) is 1.82. The Morgan fingerprint density at radius 2 is 2.24 bits per heavy atom. The van der Waals surface area contributed by atoms with Crippen molar-refractivity contribution in [3.63, 3.8) is 0 Å². The SMILES string of the molecule is CCCCOc1ccc(CCC(=O)NCC(C)O)cc1N. The van der Waals surface area contributed by atoms with Crippen LogP contribution in [0.1, 0.15) is 38.7 Å². The molecule has 1 aromatic carbocycles. The predicted molar refractivity (Wildman–Crippen MR) is 84.3 cm³/mol. The van der Waals surface area contributed by atoms with E-state index in [1.807, 2.05) is 18.2 Å². The van der Waals surface area contributed by atoms with Crippen molar-refractivity contribution in [2.24, 2.45) is 0 Å². The third-order valence-electron chi connectivity index (χ3n) is 3.07. The number of carbonyl (C=O) groups is 1. The molecule has 4 N–H and O–H groups in total. The van der Waals surface area contributed by atoms with Crippen LogP contribution in [0.4, 0.5) is 5.69 Å². The number of aliphatic hydroxyl groups excluding tert-OH is 1. The molecule has 1 amide bonds. The fourth-order valence-electron chi connectivity index (χ4n) is 1.82. The van der Waals surface area contributed by atoms with E-state index in [2.05, 4.69) is 12.2 Å². The maximum Gasteiger partial charge on any atom is 0.220 e. The number of anilines is 1. The lowest BCUT2D eigenvalue weighted by Gasteiger charge is -2.10. The summed E-state index contributed by atoms with van der Waals surface area (Å²) >= 11 is 0. The van der Waals surface area contributed by atoms with Crippen LogP contribution in [0.3, 0.4) is 0 Å². The van der Waals surface area contributed by atoms with Crippen molar-refractivity contribution in [3.8, 4) is 5.75 Å². The Bertz CT molecular complexity index is 447. The summed E-state index contributed by atoms with van der Waals surface area (Å²) in [4.78, 5) is 11.6. The summed E-state index contributed by atoms with van der Waals surface area (Å²) in [5.74, 6) is 0.628. The van der Waals surface area contributed by atoms with Crippen LogP contribution < -0.4 is 15.8 Å². The molecule has 0 spiro atoms. The van der Waals surface area contributed by atoms with Crippen molar-refractivity contribution >= 4 is 11.6 Å². The molecule has 1 unspecified atom stereocenters. The summed E-state index contributed by atoms with van der Waals surface area (Å²) in [6.07, 6.45) is 2.56. The van der Waals surface area contributed by atoms with Crippen LogP contribution in [0.2, 0.25) is 0 Å². The fraction of sp³-hybridized carbons (Fsp3) is 0.562. The third-order valence-corrected chi connectivity index (χ3v) is 3.07. The quantitative estimate of drug-likeness (QED) is 0.479. The van der Waals surface area contributed by atoms with Crippen LogP contribution in [0.5, 0.6) is 5.75 Å². The molecule has 21 heavy (non-hydrogen) atoms. The number of nitrogens with one attached hydrogen (secondary N) is 1. The number of nitrogens with two attached hydrogens (primary N) is 1. The molecular formula is C16H26N2O3. The van der Waals surface area contributed by atoms with Crippen molar-refractivity contribution < 1.29 is 14.6 Å². The Balaban J connectivity index is 2.42. The molecule has 0 aromatic heterocycles. The Kier molecular flexibility index (Phi) is 7.61. The second-order valence-electron chi connectivity index (χ2n) is 5.23. The number of amides is 1. The van der Waals surface area contributed by atoms with Gasteiger partial charge in [0.2, 0.25) is 5.91 Å². The Morgan fingerprint density at radius 1 is 1.48 bits per heavy atom. The van der Waals surface area contributed by atoms with Crippen molar-refractivity contribution in [2.45, 2.75) is 45.6 Å². The molecule has 0 radical (unpaired) electrons. The van der Waals surface area contributed by atoms with Gasteiger partial charge in [0.25, 0.3) is 0 Å². The van der Waals surface area contributed by atoms with Gasteiger partial charge in [-0.25, -0.2) is 0 Å². The monoisotopic (exact) mass is 294 g/mol. The number of nitrogen functional groups attached to an aromatic ring is 1. The first-order valence-electron chi connectivity index (χ1n) is 7.49. The number of aryl methyl sites for hydroxylation is 1. The maximum absolute atomic E-state index is 11.6. The number of unbranched alkanes of at least 4 members (excludes halogenated alkanes) is 1. The van der Waals surface area contributed by atoms with Crippen LogP contribution >= 0.6 is 0 Å². The molecule has 0 fully saturated rings. The minimum absolute atomic E-state index is 0.0715. The first-order chi connectivity index (χ1) is 10.0. The number of carbonyl (C=O) groups excluding carboxylic acids is 1. The van der Waals surface area contributed by atoms with Crippen LogP contribution in [0, 0.1) is 0 Å². The standard InChI is InChI=1S/C16H26N2O3/c1-3-4-9-21-15-7-5-13(10-14(15)17)6-8-16(20)18-11-12(2)19/h5,7,10,12,19H,3-4,6,8-9,11,17H2,1-2H3,(H,18,20). The zero-order valence-electron chi connectivity index (χ0n) is 12.9. The molecule has 0 aliphatic rings. The molecule has 0 aliphatic carbocycles. The summed E-state index contributed by atoms with van der Waals surface area (Å²) in [7, 11) is 0. The van der Waals surface area contributed by atoms with Gasteiger partial charge in [0.1, 0.15) is 5.75 Å². The topological polar surface area (TPSA) is 84.6 Å². The van der Waals surface area contributed by atoms with E-state index in [-0.39, 0.29) is 12.5 Å². The normalized spacial score (nSPS) is 12.0. The van der Waals surface area contributed by atoms with Gasteiger partial charge < -0.3 is 20.9 Å². The second kappa shape index (κ2) is 9.23. The summed E-state index contributed by atoms with van der Waals surface area (Å²) < 4.78 is 5.59. The van der Waals surface area contributed by atoms with Gasteiger partial charge >= 0.3 is 0 Å². The van der Waals surface area contributed by atoms with Gasteiger partial charge in [0.05, 0.1) is 18.4 Å². The van der Waals surface area contributed by atoms with Crippen molar-refractivity contribution in [1.29, 1.82) is 0 Å². The molecule has 0 aliphatic heterocycles. The first kappa shape index (κ1) is 17.3. The highest BCUT2D eigenvalue weighted by molar-refractivity contribution is 5.76. The van der Waals surface area contributed by atoms with Crippen LogP contribution in [0.25, 0.3) is 0 Å². The number of ether oxygens (including phenoxy) is 1. The molecule has 118 valence electrons. The van der Waals surface area contributed by atoms with E-state index in [9.17, 15) is 4.79 Å².